The topological polar surface area (TPSA) is 91.2 Å². The molecule has 1 aliphatic heterocycles. The number of piperidine rings is 1. The van der Waals surface area contributed by atoms with Gasteiger partial charge in [0.25, 0.3) is 0 Å². The van der Waals surface area contributed by atoms with Gasteiger partial charge in [-0.15, -0.1) is 0 Å². The van der Waals surface area contributed by atoms with Crippen molar-refractivity contribution in [2.75, 3.05) is 18.4 Å². The van der Waals surface area contributed by atoms with Crippen LogP contribution in [0.2, 0.25) is 0 Å². The first-order chi connectivity index (χ1) is 16.5. The van der Waals surface area contributed by atoms with Gasteiger partial charge in [-0.1, -0.05) is 12.6 Å². The molecule has 0 aliphatic carbocycles. The lowest BCUT2D eigenvalue weighted by molar-refractivity contribution is -0.127. The van der Waals surface area contributed by atoms with Crippen molar-refractivity contribution in [2.45, 2.75) is 18.9 Å². The number of anilines is 1. The summed E-state index contributed by atoms with van der Waals surface area (Å²) in [6, 6.07) is 9.79. The summed E-state index contributed by atoms with van der Waals surface area (Å²) in [7, 11) is 0. The van der Waals surface area contributed by atoms with Crippen LogP contribution >= 0.6 is 0 Å². The van der Waals surface area contributed by atoms with Gasteiger partial charge < -0.3 is 15.0 Å². The lowest BCUT2D eigenvalue weighted by Gasteiger charge is -2.33. The van der Waals surface area contributed by atoms with E-state index in [-0.39, 0.29) is 23.4 Å². The lowest BCUT2D eigenvalue weighted by atomic mass is 10.0. The Morgan fingerprint density at radius 3 is 2.65 bits per heavy atom. The summed E-state index contributed by atoms with van der Waals surface area (Å²) in [6.07, 6.45) is 5.96. The smallest absolute Gasteiger partial charge is 0.246 e. The third-order valence-electron chi connectivity index (χ3n) is 5.51. The van der Waals surface area contributed by atoms with E-state index in [4.69, 9.17) is 10.1 Å². The fraction of sp³-hybridized carbons (Fsp3) is 0.200. The molecule has 1 fully saturated rings. The summed E-state index contributed by atoms with van der Waals surface area (Å²) in [5, 5.41) is 12.0. The van der Waals surface area contributed by atoms with Crippen LogP contribution in [0, 0.1) is 17.0 Å². The van der Waals surface area contributed by atoms with Crippen LogP contribution in [0.25, 0.3) is 0 Å². The van der Waals surface area contributed by atoms with Gasteiger partial charge in [0.2, 0.25) is 5.91 Å². The van der Waals surface area contributed by atoms with Crippen molar-refractivity contribution in [3.05, 3.63) is 90.4 Å². The van der Waals surface area contributed by atoms with Gasteiger partial charge in [-0.05, 0) is 55.3 Å². The van der Waals surface area contributed by atoms with Crippen molar-refractivity contribution >= 4 is 17.4 Å². The van der Waals surface area contributed by atoms with Crippen LogP contribution in [-0.2, 0) is 4.79 Å². The molecule has 34 heavy (non-hydrogen) atoms. The maximum Gasteiger partial charge on any atom is 0.246 e. The average Bonchev–Trinajstić information content (AvgIpc) is 2.86. The van der Waals surface area contributed by atoms with Gasteiger partial charge in [0.1, 0.15) is 17.9 Å². The second-order valence-corrected chi connectivity index (χ2v) is 7.81. The van der Waals surface area contributed by atoms with E-state index in [1.165, 1.54) is 30.6 Å². The highest BCUT2D eigenvalue weighted by molar-refractivity contribution is 6.13. The Morgan fingerprint density at radius 2 is 1.94 bits per heavy atom. The Labute approximate surface area is 195 Å². The Hall–Kier alpha value is -4.14. The zero-order chi connectivity index (χ0) is 24.1. The summed E-state index contributed by atoms with van der Waals surface area (Å²) in [6.45, 7) is 4.74. The Kier molecular flexibility index (Phi) is 6.91. The number of carbonyl (C=O) groups is 1. The van der Waals surface area contributed by atoms with Gasteiger partial charge in [-0.3, -0.25) is 10.2 Å². The van der Waals surface area contributed by atoms with Crippen LogP contribution in [0.5, 0.6) is 11.5 Å². The van der Waals surface area contributed by atoms with Crippen LogP contribution in [0.4, 0.5) is 14.6 Å². The van der Waals surface area contributed by atoms with E-state index < -0.39 is 17.4 Å². The molecule has 1 aliphatic rings. The highest BCUT2D eigenvalue weighted by Gasteiger charge is 2.24. The molecule has 0 bridgehead atoms. The number of benzene rings is 2. The van der Waals surface area contributed by atoms with Crippen LogP contribution in [0.15, 0.2) is 67.6 Å². The maximum absolute atomic E-state index is 13.8. The van der Waals surface area contributed by atoms with Crippen LogP contribution in [0.1, 0.15) is 24.0 Å². The van der Waals surface area contributed by atoms with Gasteiger partial charge >= 0.3 is 0 Å². The first-order valence-corrected chi connectivity index (χ1v) is 10.8. The number of nitrogens with one attached hydrogen (secondary N) is 2. The van der Waals surface area contributed by atoms with Crippen LogP contribution in [0.3, 0.4) is 0 Å². The van der Waals surface area contributed by atoms with E-state index in [2.05, 4.69) is 21.9 Å². The first kappa shape index (κ1) is 23.0. The molecule has 4 rings (SSSR count). The number of halogens is 2. The summed E-state index contributed by atoms with van der Waals surface area (Å²) in [5.74, 6) is -1.47. The minimum absolute atomic E-state index is 0.0226. The van der Waals surface area contributed by atoms with E-state index in [0.29, 0.717) is 30.0 Å². The van der Waals surface area contributed by atoms with Gasteiger partial charge in [-0.25, -0.2) is 18.7 Å². The summed E-state index contributed by atoms with van der Waals surface area (Å²) in [4.78, 5) is 22.1. The molecule has 0 saturated carbocycles. The highest BCUT2D eigenvalue weighted by atomic mass is 19.1. The summed E-state index contributed by atoms with van der Waals surface area (Å²) >= 11 is 0. The number of aromatic nitrogens is 2. The molecule has 0 spiro atoms. The van der Waals surface area contributed by atoms with Gasteiger partial charge in [0.05, 0.1) is 11.3 Å². The van der Waals surface area contributed by atoms with E-state index in [1.54, 1.807) is 23.2 Å². The van der Waals surface area contributed by atoms with Crippen molar-refractivity contribution in [2.24, 2.45) is 0 Å². The quantitative estimate of drug-likeness (QED) is 0.396. The fourth-order valence-corrected chi connectivity index (χ4v) is 3.79. The molecule has 2 N–H and O–H groups in total. The van der Waals surface area contributed by atoms with Crippen molar-refractivity contribution in [3.63, 3.8) is 0 Å². The number of hydrogen-bond acceptors (Lipinski definition) is 6. The van der Waals surface area contributed by atoms with Crippen molar-refractivity contribution in [1.29, 1.82) is 5.41 Å². The number of carbonyl (C=O) groups excluding carboxylic acids is 1. The molecule has 2 heterocycles. The van der Waals surface area contributed by atoms with Crippen LogP contribution < -0.4 is 10.1 Å². The predicted molar refractivity (Wildman–Crippen MR) is 124 cm³/mol. The number of amides is 1. The maximum atomic E-state index is 13.8. The standard InChI is InChI=1S/C25H23F2N5O2/c1-2-22(33)32-12-4-5-17(14-32)31-25-19(13-29-15-30-25)23(28)16-8-10-18(11-9-16)34-24-20(26)6-3-7-21(24)27/h2-3,6-11,13,15,17,28H,1,4-5,12,14H2,(H,29,30,31)/t17-/m1/s1. The summed E-state index contributed by atoms with van der Waals surface area (Å²) in [5.41, 5.74) is 1.20. The molecule has 174 valence electrons. The van der Waals surface area contributed by atoms with E-state index in [1.807, 2.05) is 0 Å². The largest absolute Gasteiger partial charge is 0.451 e. The number of rotatable bonds is 7. The monoisotopic (exact) mass is 463 g/mol. The minimum atomic E-state index is -0.801. The number of ether oxygens (including phenoxy) is 1. The van der Waals surface area contributed by atoms with Crippen molar-refractivity contribution in [1.82, 2.24) is 14.9 Å². The van der Waals surface area contributed by atoms with Gasteiger partial charge in [-0.2, -0.15) is 0 Å². The average molecular weight is 463 g/mol. The zero-order valence-electron chi connectivity index (χ0n) is 18.3. The zero-order valence-corrected chi connectivity index (χ0v) is 18.3. The normalized spacial score (nSPS) is 15.5. The molecule has 1 aromatic heterocycles. The minimum Gasteiger partial charge on any atom is -0.451 e. The van der Waals surface area contributed by atoms with Gasteiger partial charge in [0, 0.05) is 30.9 Å². The van der Waals surface area contributed by atoms with E-state index >= 15 is 0 Å². The molecule has 0 unspecified atom stereocenters. The molecule has 0 radical (unpaired) electrons. The van der Waals surface area contributed by atoms with E-state index in [9.17, 15) is 13.6 Å². The SMILES string of the molecule is C=CC(=O)N1CCC[C@@H](Nc2ncncc2C(=N)c2ccc(Oc3c(F)cccc3F)cc2)C1. The fourth-order valence-electron chi connectivity index (χ4n) is 3.79. The van der Waals surface area contributed by atoms with E-state index in [0.717, 1.165) is 25.0 Å². The molecule has 1 atom stereocenters. The predicted octanol–water partition coefficient (Wildman–Crippen LogP) is 4.55. The second-order valence-electron chi connectivity index (χ2n) is 7.81. The molecule has 1 amide bonds. The second kappa shape index (κ2) is 10.2. The number of hydrogen-bond donors (Lipinski definition) is 2. The van der Waals surface area contributed by atoms with Crippen molar-refractivity contribution < 1.29 is 18.3 Å². The molecule has 3 aromatic rings. The van der Waals surface area contributed by atoms with Crippen LogP contribution in [-0.4, -0.2) is 45.6 Å². The molecule has 7 nitrogen and oxygen atoms in total. The molecule has 9 heteroatoms. The molecular formula is C25H23F2N5O2. The number of nitrogens with zero attached hydrogens (tertiary/aromatic N) is 3. The highest BCUT2D eigenvalue weighted by Crippen LogP contribution is 2.28. The Morgan fingerprint density at radius 1 is 1.21 bits per heavy atom. The number of para-hydroxylation sites is 1. The van der Waals surface area contributed by atoms with Crippen molar-refractivity contribution in [3.8, 4) is 11.5 Å². The number of likely N-dealkylation sites (tertiary alicyclic amines) is 1. The molecular weight excluding hydrogens is 440 g/mol. The summed E-state index contributed by atoms with van der Waals surface area (Å²) < 4.78 is 33.0. The molecule has 1 saturated heterocycles. The Bertz CT molecular complexity index is 1200. The Balaban J connectivity index is 1.49. The first-order valence-electron chi connectivity index (χ1n) is 10.8. The third-order valence-corrected chi connectivity index (χ3v) is 5.51. The van der Waals surface area contributed by atoms with Gasteiger partial charge in [0.15, 0.2) is 17.4 Å². The lowest BCUT2D eigenvalue weighted by Crippen LogP contribution is -2.44. The third kappa shape index (κ3) is 5.09. The molecule has 2 aromatic carbocycles.